The molecule has 0 aromatic heterocycles. The lowest BCUT2D eigenvalue weighted by molar-refractivity contribution is -0.153. The smallest absolute Gasteiger partial charge is 0.409 e. The van der Waals surface area contributed by atoms with Crippen LogP contribution in [0, 0.1) is 32.5 Å². The number of esters is 12. The Labute approximate surface area is 858 Å². The van der Waals surface area contributed by atoms with Crippen molar-refractivity contribution in [2.45, 2.75) is 136 Å². The number of nitrogens with zero attached hydrogens (tertiary/aromatic N) is 6. The summed E-state index contributed by atoms with van der Waals surface area (Å²) in [5, 5.41) is 0. The summed E-state index contributed by atoms with van der Waals surface area (Å²) in [6.45, 7) is 72.6. The van der Waals surface area contributed by atoms with Gasteiger partial charge in [-0.05, 0) is 109 Å². The average molecular weight is 2080 g/mol. The molecule has 0 saturated carbocycles. The molecule has 2 aliphatic rings. The van der Waals surface area contributed by atoms with E-state index in [4.69, 9.17) is 94.7 Å². The summed E-state index contributed by atoms with van der Waals surface area (Å²) in [6.07, 6.45) is 5.04. The van der Waals surface area contributed by atoms with Crippen molar-refractivity contribution in [1.29, 1.82) is 0 Å². The minimum Gasteiger partial charge on any atom is -0.462 e. The molecule has 0 atom stereocenters. The molecule has 2 fully saturated rings. The zero-order valence-corrected chi connectivity index (χ0v) is 89.2. The first-order chi connectivity index (χ1) is 68.4. The average Bonchev–Trinajstić information content (AvgIpc) is 0.863. The third-order valence-corrected chi connectivity index (χ3v) is 20.8. The van der Waals surface area contributed by atoms with Crippen molar-refractivity contribution in [2.75, 3.05) is 226 Å². The number of morpholine rings is 2. The van der Waals surface area contributed by atoms with E-state index in [-0.39, 0.29) is 152 Å². The molecule has 824 valence electrons. The van der Waals surface area contributed by atoms with Crippen LogP contribution >= 0.6 is 0 Å². The number of hydrogen-bond acceptors (Lipinski definition) is 38. The Bertz CT molecular complexity index is 4210. The number of ether oxygens (including phenoxy) is 20. The number of amides is 6. The van der Waals surface area contributed by atoms with Gasteiger partial charge in [-0.1, -0.05) is 107 Å². The highest BCUT2D eigenvalue weighted by molar-refractivity contribution is 5.90. The molecule has 0 bridgehead atoms. The highest BCUT2D eigenvalue weighted by atomic mass is 16.6. The van der Waals surface area contributed by atoms with Crippen LogP contribution < -0.4 is 0 Å². The lowest BCUT2D eigenvalue weighted by Gasteiger charge is -2.32. The van der Waals surface area contributed by atoms with Crippen LogP contribution in [0.5, 0.6) is 0 Å². The van der Waals surface area contributed by atoms with E-state index in [1.54, 1.807) is 42.0 Å². The minimum absolute atomic E-state index is 0.0479. The Morgan fingerprint density at radius 2 is 0.411 bits per heavy atom. The first-order valence-corrected chi connectivity index (χ1v) is 46.6. The normalized spacial score (nSPS) is 11.8. The van der Waals surface area contributed by atoms with Crippen molar-refractivity contribution in [1.82, 2.24) is 29.4 Å². The molecule has 0 aromatic rings. The standard InChI is InChI=1S/C19H31NO6.C18H27NO7.2C17H27NO6.C16H23NO7.C15H23NO6/c1-8-19(11-24-16(21)14(4)5,12-25-17(22)15(6)7)13-26-18(23)20(9-2)10-3;1-13(2)15(20)24-10-18(5,11-25-16(21)14(3)4)12-26-17(22)19-6-8-23-9-7-19;1-8-17(9-22-14(19)12(2)3,10-23-15(20)13(4)5)11-24-16(21)18(6)7;1-6-14(19)22-11-17(8-3,12-23-15(20)7-2)13-24-16(21)18(9-4)10-5;1-4-13(18)22-10-16(3,11-23-14(19)5-2)12-24-15(20)17-6-8-21-9-7-17;1-6-12(17)20-9-15(8-3,10-21-13(18)7-2)11-22-14(19)16(4)5/h4,6,8-13H2,1-3,5,7H3;1,3,6-12H2,2,4-5H3;2,4,8-11H2,1,3,5-7H3;6-7H,1-2,8-13H2,3-5H3;4-5H,1-2,6-12H2,3H3;6-7H,1-2,8-11H2,3-5H3. The molecule has 2 saturated heterocycles. The second-order valence-corrected chi connectivity index (χ2v) is 34.7. The van der Waals surface area contributed by atoms with E-state index in [9.17, 15) is 86.3 Å². The van der Waals surface area contributed by atoms with Gasteiger partial charge < -0.3 is 124 Å². The van der Waals surface area contributed by atoms with Gasteiger partial charge in [0.15, 0.2) is 0 Å². The van der Waals surface area contributed by atoms with Crippen LogP contribution in [0.2, 0.25) is 0 Å². The van der Waals surface area contributed by atoms with Gasteiger partial charge in [0.1, 0.15) is 119 Å². The van der Waals surface area contributed by atoms with E-state index in [1.807, 2.05) is 55.4 Å². The van der Waals surface area contributed by atoms with E-state index in [0.29, 0.717) is 104 Å². The molecule has 44 heteroatoms. The Balaban J connectivity index is -0.000000829. The second-order valence-electron chi connectivity index (χ2n) is 34.7. The predicted molar refractivity (Wildman–Crippen MR) is 535 cm³/mol. The molecular formula is C102H158N6O38. The summed E-state index contributed by atoms with van der Waals surface area (Å²) in [5.41, 5.74) is -3.63. The molecule has 0 aromatic carbocycles. The molecule has 2 heterocycles. The molecule has 0 N–H and O–H groups in total. The van der Waals surface area contributed by atoms with Gasteiger partial charge >= 0.3 is 108 Å². The Morgan fingerprint density at radius 3 is 0.582 bits per heavy atom. The van der Waals surface area contributed by atoms with Crippen LogP contribution in [0.4, 0.5) is 28.8 Å². The Morgan fingerprint density at radius 1 is 0.253 bits per heavy atom. The molecule has 44 nitrogen and oxygen atoms in total. The van der Waals surface area contributed by atoms with Crippen molar-refractivity contribution in [2.24, 2.45) is 32.5 Å². The summed E-state index contributed by atoms with van der Waals surface area (Å²) in [4.78, 5) is 218. The number of rotatable bonds is 56. The maximum absolute atomic E-state index is 12.1. The zero-order chi connectivity index (χ0) is 113. The van der Waals surface area contributed by atoms with Crippen molar-refractivity contribution >= 4 is 108 Å². The third-order valence-electron chi connectivity index (χ3n) is 20.8. The van der Waals surface area contributed by atoms with Gasteiger partial charge in [0.25, 0.3) is 0 Å². The SMILES string of the molecule is C=C(C)C(=O)OCC(C)(COC(=O)C(=C)C)COC(=O)N1CCOCC1.C=C(C)C(=O)OCC(CC)(COC(=O)C(=C)C)COC(=O)N(C)C.C=C(C)C(=O)OCC(CC)(COC(=O)C(=C)C)COC(=O)N(CC)CC.C=CC(=O)OCC(C)(COC(=O)C=C)COC(=O)N1CCOCC1.C=CC(=O)OCC(CC)(COC(=O)C=C)COC(=O)N(C)C.C=CC(=O)OCC(CC)(COC(=O)C=C)COC(=O)N(CC)CC. The molecular weight excluding hydrogens is 1920 g/mol. The fourth-order valence-electron chi connectivity index (χ4n) is 10.2. The first-order valence-electron chi connectivity index (χ1n) is 46.6. The monoisotopic (exact) mass is 2080 g/mol. The van der Waals surface area contributed by atoms with Crippen LogP contribution in [-0.2, 0) is 152 Å². The largest absolute Gasteiger partial charge is 0.462 e. The van der Waals surface area contributed by atoms with Crippen molar-refractivity contribution < 1.29 is 181 Å². The molecule has 0 spiro atoms. The molecule has 2 rings (SSSR count). The van der Waals surface area contributed by atoms with Crippen LogP contribution in [0.25, 0.3) is 0 Å². The highest BCUT2D eigenvalue weighted by Gasteiger charge is 2.41. The van der Waals surface area contributed by atoms with Crippen molar-refractivity contribution in [3.05, 3.63) is 149 Å². The maximum atomic E-state index is 12.1. The quantitative estimate of drug-likeness (QED) is 0.0310. The van der Waals surface area contributed by atoms with Gasteiger partial charge in [-0.3, -0.25) is 0 Å². The van der Waals surface area contributed by atoms with Crippen LogP contribution in [0.1, 0.15) is 136 Å². The van der Waals surface area contributed by atoms with Crippen LogP contribution in [0.3, 0.4) is 0 Å². The fraction of sp³-hybridized carbons (Fsp3) is 0.588. The fourth-order valence-corrected chi connectivity index (χ4v) is 10.2. The predicted octanol–water partition coefficient (Wildman–Crippen LogP) is 11.9. The van der Waals surface area contributed by atoms with Crippen LogP contribution in [0.15, 0.2) is 149 Å². The van der Waals surface area contributed by atoms with Gasteiger partial charge in [-0.15, -0.1) is 0 Å². The molecule has 0 aliphatic carbocycles. The highest BCUT2D eigenvalue weighted by Crippen LogP contribution is 2.31. The van der Waals surface area contributed by atoms with E-state index in [2.05, 4.69) is 78.9 Å². The molecule has 146 heavy (non-hydrogen) atoms. The topological polar surface area (TPSA) is 511 Å². The molecule has 0 unspecified atom stereocenters. The molecule has 6 amide bonds. The Kier molecular flexibility index (Phi) is 70.9. The van der Waals surface area contributed by atoms with Gasteiger partial charge in [0, 0.05) is 150 Å². The summed E-state index contributed by atoms with van der Waals surface area (Å²) >= 11 is 0. The lowest BCUT2D eigenvalue weighted by atomic mass is 9.88. The van der Waals surface area contributed by atoms with Gasteiger partial charge in [0.2, 0.25) is 0 Å². The first kappa shape index (κ1) is 138. The second kappa shape index (κ2) is 74.9. The van der Waals surface area contributed by atoms with E-state index in [1.165, 1.54) is 70.9 Å². The summed E-state index contributed by atoms with van der Waals surface area (Å²) < 4.78 is 103. The number of carbonyl (C=O) groups excluding carboxylic acids is 18. The van der Waals surface area contributed by atoms with E-state index >= 15 is 0 Å². The molecule has 2 aliphatic heterocycles. The van der Waals surface area contributed by atoms with E-state index < -0.39 is 141 Å². The van der Waals surface area contributed by atoms with Gasteiger partial charge in [0.05, 0.1) is 58.9 Å². The number of hydrogen-bond donors (Lipinski definition) is 0. The molecule has 0 radical (unpaired) electrons. The van der Waals surface area contributed by atoms with Crippen molar-refractivity contribution in [3.63, 3.8) is 0 Å². The minimum atomic E-state index is -0.905. The zero-order valence-electron chi connectivity index (χ0n) is 89.2. The van der Waals surface area contributed by atoms with Crippen molar-refractivity contribution in [3.8, 4) is 0 Å². The summed E-state index contributed by atoms with van der Waals surface area (Å²) in [5.74, 6) is -6.99. The van der Waals surface area contributed by atoms with Gasteiger partial charge in [-0.2, -0.15) is 0 Å². The maximum Gasteiger partial charge on any atom is 0.409 e. The summed E-state index contributed by atoms with van der Waals surface area (Å²) in [7, 11) is 6.20. The third kappa shape index (κ3) is 60.0. The van der Waals surface area contributed by atoms with Crippen LogP contribution in [-0.4, -0.2) is 363 Å². The number of carbonyl (C=O) groups is 18. The van der Waals surface area contributed by atoms with Gasteiger partial charge in [-0.25, -0.2) is 86.3 Å². The van der Waals surface area contributed by atoms with E-state index in [0.717, 1.165) is 36.5 Å². The lowest BCUT2D eigenvalue weighted by Crippen LogP contribution is -2.43. The Hall–Kier alpha value is -13.9. The summed E-state index contributed by atoms with van der Waals surface area (Å²) in [6, 6.07) is 0.